The third-order valence-electron chi connectivity index (χ3n) is 5.51. The number of carbonyl (C=O) groups is 3. The summed E-state index contributed by atoms with van der Waals surface area (Å²) >= 11 is 17.2. The Bertz CT molecular complexity index is 771. The fourth-order valence-electron chi connectivity index (χ4n) is 3.96. The summed E-state index contributed by atoms with van der Waals surface area (Å²) in [4.78, 5) is 38.4. The Balaban J connectivity index is 2.36. The van der Waals surface area contributed by atoms with Crippen molar-refractivity contribution in [1.29, 1.82) is 0 Å². The molecule has 0 aliphatic heterocycles. The number of rotatable bonds is 7. The number of hydrogen-bond donors (Lipinski definition) is 0. The van der Waals surface area contributed by atoms with Crippen molar-refractivity contribution in [2.24, 2.45) is 17.8 Å². The maximum absolute atomic E-state index is 13.2. The number of esters is 2. The molecule has 1 saturated carbocycles. The normalized spacial score (nSPS) is 23.1. The Morgan fingerprint density at radius 1 is 1.20 bits per heavy atom. The fourth-order valence-corrected chi connectivity index (χ4v) is 4.26. The molecule has 1 aliphatic rings. The Morgan fingerprint density at radius 2 is 1.87 bits per heavy atom. The van der Waals surface area contributed by atoms with Crippen molar-refractivity contribution in [3.63, 3.8) is 0 Å². The van der Waals surface area contributed by atoms with E-state index in [4.69, 9.17) is 44.3 Å². The molecule has 9 heteroatoms. The highest BCUT2D eigenvalue weighted by molar-refractivity contribution is 6.77. The molecule has 1 aromatic rings. The summed E-state index contributed by atoms with van der Waals surface area (Å²) in [6.45, 7) is 7.99. The van der Waals surface area contributed by atoms with Crippen LogP contribution in [0.4, 0.5) is 0 Å². The minimum Gasteiger partial charge on any atom is -0.464 e. The first kappa shape index (κ1) is 25.0. The van der Waals surface area contributed by atoms with Crippen LogP contribution >= 0.6 is 34.8 Å². The molecule has 0 radical (unpaired) electrons. The number of ketones is 1. The van der Waals surface area contributed by atoms with E-state index in [-0.39, 0.29) is 24.3 Å². The Labute approximate surface area is 192 Å². The molecule has 30 heavy (non-hydrogen) atoms. The van der Waals surface area contributed by atoms with Gasteiger partial charge in [0.1, 0.15) is 6.10 Å². The Morgan fingerprint density at radius 3 is 2.43 bits per heavy atom. The molecule has 0 N–H and O–H groups in total. The molecule has 1 fully saturated rings. The number of alkyl halides is 3. The van der Waals surface area contributed by atoms with Gasteiger partial charge in [-0.3, -0.25) is 4.79 Å². The van der Waals surface area contributed by atoms with Crippen molar-refractivity contribution in [3.8, 4) is 0 Å². The lowest BCUT2D eigenvalue weighted by Crippen LogP contribution is -2.40. The zero-order valence-electron chi connectivity index (χ0n) is 17.6. The molecule has 0 bridgehead atoms. The summed E-state index contributed by atoms with van der Waals surface area (Å²) in [5.41, 5.74) is -0.0950. The minimum absolute atomic E-state index is 0.0622. The first-order valence-electron chi connectivity index (χ1n) is 10.1. The predicted octanol–water partition coefficient (Wildman–Crippen LogP) is 5.15. The van der Waals surface area contributed by atoms with Gasteiger partial charge in [0, 0.05) is 6.20 Å². The van der Waals surface area contributed by atoms with Gasteiger partial charge < -0.3 is 14.0 Å². The molecular formula is C21H28Cl3NO5. The average Bonchev–Trinajstić information content (AvgIpc) is 3.09. The van der Waals surface area contributed by atoms with E-state index < -0.39 is 27.6 Å². The molecule has 4 atom stereocenters. The van der Waals surface area contributed by atoms with Gasteiger partial charge in [-0.1, -0.05) is 62.0 Å². The molecule has 1 aliphatic carbocycles. The van der Waals surface area contributed by atoms with Gasteiger partial charge in [-0.15, -0.1) is 0 Å². The van der Waals surface area contributed by atoms with Crippen molar-refractivity contribution < 1.29 is 23.9 Å². The summed E-state index contributed by atoms with van der Waals surface area (Å²) in [6.07, 6.45) is 3.81. The zero-order chi connectivity index (χ0) is 22.6. The van der Waals surface area contributed by atoms with Crippen LogP contribution < -0.4 is 0 Å². The van der Waals surface area contributed by atoms with Crippen molar-refractivity contribution in [1.82, 2.24) is 4.57 Å². The van der Waals surface area contributed by atoms with Gasteiger partial charge in [0.2, 0.25) is 11.8 Å². The van der Waals surface area contributed by atoms with Gasteiger partial charge >= 0.3 is 11.9 Å². The van der Waals surface area contributed by atoms with Crippen LogP contribution in [0.25, 0.3) is 0 Å². The van der Waals surface area contributed by atoms with E-state index in [1.807, 2.05) is 0 Å². The van der Waals surface area contributed by atoms with E-state index in [0.29, 0.717) is 11.8 Å². The second-order valence-corrected chi connectivity index (χ2v) is 10.4. The van der Waals surface area contributed by atoms with E-state index in [2.05, 4.69) is 20.8 Å². The molecule has 0 spiro atoms. The Kier molecular flexibility index (Phi) is 8.66. The van der Waals surface area contributed by atoms with Gasteiger partial charge in [-0.25, -0.2) is 9.59 Å². The molecular weight excluding hydrogens is 453 g/mol. The highest BCUT2D eigenvalue weighted by atomic mass is 35.6. The SMILES string of the molecule is CCOC(=O)C(C(=O)OC1CC(C)CCC1C(C)C)n1cccc1C(=O)C(Cl)(Cl)Cl. The van der Waals surface area contributed by atoms with Crippen molar-refractivity contribution in [3.05, 3.63) is 24.0 Å². The summed E-state index contributed by atoms with van der Waals surface area (Å²) < 4.78 is 9.84. The number of nitrogens with zero attached hydrogens (tertiary/aromatic N) is 1. The van der Waals surface area contributed by atoms with E-state index in [1.165, 1.54) is 18.3 Å². The number of hydrogen-bond acceptors (Lipinski definition) is 5. The highest BCUT2D eigenvalue weighted by Gasteiger charge is 2.41. The largest absolute Gasteiger partial charge is 0.464 e. The molecule has 2 rings (SSSR count). The molecule has 0 saturated heterocycles. The lowest BCUT2D eigenvalue weighted by Gasteiger charge is -2.37. The highest BCUT2D eigenvalue weighted by Crippen LogP contribution is 2.36. The monoisotopic (exact) mass is 479 g/mol. The zero-order valence-corrected chi connectivity index (χ0v) is 19.8. The quantitative estimate of drug-likeness (QED) is 0.233. The van der Waals surface area contributed by atoms with Crippen LogP contribution in [-0.4, -0.2) is 38.8 Å². The number of carbonyl (C=O) groups excluding carboxylic acids is 3. The van der Waals surface area contributed by atoms with Crippen LogP contribution in [-0.2, 0) is 19.1 Å². The number of ether oxygens (including phenoxy) is 2. The average molecular weight is 481 g/mol. The second-order valence-electron chi connectivity index (χ2n) is 8.08. The summed E-state index contributed by atoms with van der Waals surface area (Å²) in [5.74, 6) is -1.54. The molecule has 1 heterocycles. The van der Waals surface area contributed by atoms with Crippen molar-refractivity contribution >= 4 is 52.5 Å². The van der Waals surface area contributed by atoms with Gasteiger partial charge in [-0.2, -0.15) is 0 Å². The van der Waals surface area contributed by atoms with Crippen LogP contribution in [0.5, 0.6) is 0 Å². The van der Waals surface area contributed by atoms with Gasteiger partial charge in [0.05, 0.1) is 12.3 Å². The molecule has 6 nitrogen and oxygen atoms in total. The maximum atomic E-state index is 13.2. The van der Waals surface area contributed by atoms with Crippen molar-refractivity contribution in [2.75, 3.05) is 6.61 Å². The van der Waals surface area contributed by atoms with Crippen LogP contribution in [0, 0.1) is 17.8 Å². The third kappa shape index (κ3) is 5.92. The maximum Gasteiger partial charge on any atom is 0.341 e. The molecule has 0 amide bonds. The summed E-state index contributed by atoms with van der Waals surface area (Å²) in [5, 5.41) is 0. The van der Waals surface area contributed by atoms with Crippen LogP contribution in [0.2, 0.25) is 0 Å². The third-order valence-corrected chi connectivity index (χ3v) is 6.02. The number of aromatic nitrogens is 1. The first-order chi connectivity index (χ1) is 14.0. The molecule has 1 aromatic heterocycles. The van der Waals surface area contributed by atoms with Crippen LogP contribution in [0.1, 0.15) is 63.5 Å². The topological polar surface area (TPSA) is 74.6 Å². The van der Waals surface area contributed by atoms with Crippen molar-refractivity contribution in [2.45, 2.75) is 62.9 Å². The van der Waals surface area contributed by atoms with Crippen LogP contribution in [0.3, 0.4) is 0 Å². The number of Topliss-reactive ketones (excluding diaryl/α,β-unsaturated/α-hetero) is 1. The fraction of sp³-hybridized carbons (Fsp3) is 0.667. The lowest BCUT2D eigenvalue weighted by molar-refractivity contribution is -0.168. The summed E-state index contributed by atoms with van der Waals surface area (Å²) in [6, 6.07) is 1.36. The summed E-state index contributed by atoms with van der Waals surface area (Å²) in [7, 11) is 0. The van der Waals surface area contributed by atoms with Gasteiger partial charge in [0.25, 0.3) is 3.79 Å². The standard InChI is InChI=1S/C21H28Cl3NO5/c1-5-29-19(27)17(25-10-6-7-15(25)18(26)21(22,23)24)20(28)30-16-11-13(4)8-9-14(16)12(2)3/h6-7,10,12-14,16-17H,5,8-9,11H2,1-4H3. The van der Waals surface area contributed by atoms with Gasteiger partial charge in [-0.05, 0) is 49.7 Å². The molecule has 168 valence electrons. The van der Waals surface area contributed by atoms with Gasteiger partial charge in [0.15, 0.2) is 0 Å². The predicted molar refractivity (Wildman–Crippen MR) is 116 cm³/mol. The molecule has 0 aromatic carbocycles. The smallest absolute Gasteiger partial charge is 0.341 e. The second kappa shape index (κ2) is 10.4. The van der Waals surface area contributed by atoms with E-state index in [9.17, 15) is 14.4 Å². The Hall–Kier alpha value is -1.24. The first-order valence-corrected chi connectivity index (χ1v) is 11.3. The van der Waals surface area contributed by atoms with E-state index in [1.54, 1.807) is 6.92 Å². The van der Waals surface area contributed by atoms with Crippen LogP contribution in [0.15, 0.2) is 18.3 Å². The molecule has 4 unspecified atom stereocenters. The number of halogens is 3. The minimum atomic E-state index is -2.24. The van der Waals surface area contributed by atoms with E-state index in [0.717, 1.165) is 23.8 Å². The van der Waals surface area contributed by atoms with E-state index >= 15 is 0 Å². The lowest BCUT2D eigenvalue weighted by atomic mass is 9.75.